The summed E-state index contributed by atoms with van der Waals surface area (Å²) in [7, 11) is 0. The number of carbonyl (C=O) groups excluding carboxylic acids is 1. The Labute approximate surface area is 107 Å². The van der Waals surface area contributed by atoms with Gasteiger partial charge in [-0.2, -0.15) is 0 Å². The molecule has 0 spiro atoms. The largest absolute Gasteiger partial charge is 0.290 e. The molecule has 0 unspecified atom stereocenters. The fourth-order valence-corrected chi connectivity index (χ4v) is 1.47. The normalized spacial score (nSPS) is 10.0. The van der Waals surface area contributed by atoms with E-state index in [0.29, 0.717) is 5.56 Å². The van der Waals surface area contributed by atoms with Gasteiger partial charge in [-0.1, -0.05) is 23.2 Å². The molecule has 2 heterocycles. The molecule has 0 aliphatic rings. The van der Waals surface area contributed by atoms with E-state index in [1.807, 2.05) is 0 Å². The molecule has 1 N–H and O–H groups in total. The summed E-state index contributed by atoms with van der Waals surface area (Å²) in [5.41, 5.74) is 0.297. The summed E-state index contributed by atoms with van der Waals surface area (Å²) in [6, 6.07) is 3.01. The van der Waals surface area contributed by atoms with Gasteiger partial charge in [-0.15, -0.1) is 0 Å². The number of anilines is 1. The Kier molecular flexibility index (Phi) is 3.51. The van der Waals surface area contributed by atoms with Crippen molar-refractivity contribution < 1.29 is 4.79 Å². The smallest absolute Gasteiger partial charge is 0.259 e. The summed E-state index contributed by atoms with van der Waals surface area (Å²) in [6.07, 6.45) is 4.30. The first-order chi connectivity index (χ1) is 8.16. The van der Waals surface area contributed by atoms with Gasteiger partial charge in [0.2, 0.25) is 5.95 Å². The third kappa shape index (κ3) is 2.89. The van der Waals surface area contributed by atoms with Gasteiger partial charge >= 0.3 is 0 Å². The van der Waals surface area contributed by atoms with Crippen LogP contribution in [0.1, 0.15) is 10.4 Å². The van der Waals surface area contributed by atoms with Crippen LogP contribution >= 0.6 is 23.2 Å². The predicted molar refractivity (Wildman–Crippen MR) is 64.2 cm³/mol. The third-order valence-corrected chi connectivity index (χ3v) is 2.38. The average Bonchev–Trinajstić information content (AvgIpc) is 2.29. The summed E-state index contributed by atoms with van der Waals surface area (Å²) in [5.74, 6) is -0.296. The van der Waals surface area contributed by atoms with Crippen molar-refractivity contribution in [2.75, 3.05) is 5.32 Å². The summed E-state index contributed by atoms with van der Waals surface area (Å²) in [6.45, 7) is 0. The van der Waals surface area contributed by atoms with E-state index in [0.717, 1.165) is 0 Å². The first kappa shape index (κ1) is 11.8. The molecule has 0 radical (unpaired) electrons. The third-order valence-electron chi connectivity index (χ3n) is 1.86. The number of halogens is 2. The van der Waals surface area contributed by atoms with E-state index >= 15 is 0 Å². The van der Waals surface area contributed by atoms with E-state index < -0.39 is 5.91 Å². The van der Waals surface area contributed by atoms with Crippen molar-refractivity contribution >= 4 is 35.1 Å². The SMILES string of the molecule is O=C(Nc1nccc(Cl)n1)c1ccncc1Cl. The van der Waals surface area contributed by atoms with Gasteiger partial charge in [0, 0.05) is 18.6 Å². The first-order valence-corrected chi connectivity index (χ1v) is 5.32. The molecule has 2 rings (SSSR count). The van der Waals surface area contributed by atoms with Gasteiger partial charge in [0.15, 0.2) is 0 Å². The van der Waals surface area contributed by atoms with Gasteiger partial charge in [0.25, 0.3) is 5.91 Å². The van der Waals surface area contributed by atoms with Crippen LogP contribution in [0.5, 0.6) is 0 Å². The molecule has 0 fully saturated rings. The molecule has 7 heteroatoms. The van der Waals surface area contributed by atoms with Gasteiger partial charge in [-0.3, -0.25) is 15.1 Å². The van der Waals surface area contributed by atoms with Crippen LogP contribution in [-0.2, 0) is 0 Å². The summed E-state index contributed by atoms with van der Waals surface area (Å²) in [4.78, 5) is 23.3. The Bertz CT molecular complexity index is 562. The molecule has 2 aromatic rings. The molecule has 86 valence electrons. The lowest BCUT2D eigenvalue weighted by atomic mass is 10.2. The molecule has 0 bridgehead atoms. The van der Waals surface area contributed by atoms with Crippen LogP contribution in [0.3, 0.4) is 0 Å². The molecule has 0 saturated heterocycles. The van der Waals surface area contributed by atoms with Crippen LogP contribution in [0.2, 0.25) is 10.2 Å². The van der Waals surface area contributed by atoms with Crippen molar-refractivity contribution in [3.63, 3.8) is 0 Å². The standard InChI is InChI=1S/C10H6Cl2N4O/c11-7-5-13-3-1-6(7)9(17)16-10-14-4-2-8(12)15-10/h1-5H,(H,14,15,16,17). The van der Waals surface area contributed by atoms with E-state index in [1.54, 1.807) is 0 Å². The Morgan fingerprint density at radius 1 is 1.24 bits per heavy atom. The highest BCUT2D eigenvalue weighted by Gasteiger charge is 2.11. The average molecular weight is 269 g/mol. The van der Waals surface area contributed by atoms with Crippen molar-refractivity contribution in [2.45, 2.75) is 0 Å². The molecule has 0 aliphatic heterocycles. The zero-order valence-corrected chi connectivity index (χ0v) is 9.90. The van der Waals surface area contributed by atoms with E-state index in [2.05, 4.69) is 20.3 Å². The lowest BCUT2D eigenvalue weighted by molar-refractivity contribution is 0.102. The lowest BCUT2D eigenvalue weighted by Crippen LogP contribution is -2.14. The van der Waals surface area contributed by atoms with Gasteiger partial charge in [-0.05, 0) is 12.1 Å². The molecule has 0 saturated carbocycles. The highest BCUT2D eigenvalue weighted by Crippen LogP contribution is 2.15. The zero-order valence-electron chi connectivity index (χ0n) is 8.39. The number of nitrogens with one attached hydrogen (secondary N) is 1. The minimum Gasteiger partial charge on any atom is -0.290 e. The number of aromatic nitrogens is 3. The Balaban J connectivity index is 2.20. The van der Waals surface area contributed by atoms with E-state index in [1.165, 1.54) is 30.7 Å². The second-order valence-corrected chi connectivity index (χ2v) is 3.81. The van der Waals surface area contributed by atoms with E-state index in [-0.39, 0.29) is 16.1 Å². The Morgan fingerprint density at radius 3 is 2.76 bits per heavy atom. The van der Waals surface area contributed by atoms with Crippen LogP contribution < -0.4 is 5.32 Å². The minimum absolute atomic E-state index is 0.121. The van der Waals surface area contributed by atoms with Gasteiger partial charge in [0.1, 0.15) is 5.15 Å². The van der Waals surface area contributed by atoms with Crippen molar-refractivity contribution in [2.24, 2.45) is 0 Å². The molecular weight excluding hydrogens is 263 g/mol. The van der Waals surface area contributed by atoms with Crippen molar-refractivity contribution in [1.29, 1.82) is 0 Å². The van der Waals surface area contributed by atoms with Gasteiger partial charge < -0.3 is 0 Å². The molecule has 1 amide bonds. The highest BCUT2D eigenvalue weighted by molar-refractivity contribution is 6.34. The number of nitrogens with zero attached hydrogens (tertiary/aromatic N) is 3. The maximum atomic E-state index is 11.8. The molecule has 17 heavy (non-hydrogen) atoms. The summed E-state index contributed by atoms with van der Waals surface area (Å²) < 4.78 is 0. The minimum atomic E-state index is -0.417. The number of hydrogen-bond donors (Lipinski definition) is 1. The fraction of sp³-hybridized carbons (Fsp3) is 0. The van der Waals surface area contributed by atoms with Gasteiger partial charge in [-0.25, -0.2) is 9.97 Å². The molecular formula is C10H6Cl2N4O. The van der Waals surface area contributed by atoms with Crippen LogP contribution in [0.15, 0.2) is 30.7 Å². The molecule has 2 aromatic heterocycles. The topological polar surface area (TPSA) is 67.8 Å². The fourth-order valence-electron chi connectivity index (χ4n) is 1.13. The van der Waals surface area contributed by atoms with Crippen LogP contribution in [0.25, 0.3) is 0 Å². The summed E-state index contributed by atoms with van der Waals surface area (Å²) in [5, 5.41) is 2.98. The second kappa shape index (κ2) is 5.07. The molecule has 0 aromatic carbocycles. The number of carbonyl (C=O) groups is 1. The second-order valence-electron chi connectivity index (χ2n) is 3.01. The number of rotatable bonds is 2. The maximum Gasteiger partial charge on any atom is 0.259 e. The Hall–Kier alpha value is -1.72. The number of hydrogen-bond acceptors (Lipinski definition) is 4. The number of pyridine rings is 1. The Morgan fingerprint density at radius 2 is 2.06 bits per heavy atom. The van der Waals surface area contributed by atoms with Crippen molar-refractivity contribution in [1.82, 2.24) is 15.0 Å². The van der Waals surface area contributed by atoms with Crippen molar-refractivity contribution in [3.05, 3.63) is 46.5 Å². The van der Waals surface area contributed by atoms with Crippen molar-refractivity contribution in [3.8, 4) is 0 Å². The van der Waals surface area contributed by atoms with Crippen LogP contribution in [0.4, 0.5) is 5.95 Å². The van der Waals surface area contributed by atoms with E-state index in [9.17, 15) is 4.79 Å². The quantitative estimate of drug-likeness (QED) is 0.850. The highest BCUT2D eigenvalue weighted by atomic mass is 35.5. The molecule has 5 nitrogen and oxygen atoms in total. The predicted octanol–water partition coefficient (Wildman–Crippen LogP) is 2.43. The van der Waals surface area contributed by atoms with Crippen LogP contribution in [0, 0.1) is 0 Å². The maximum absolute atomic E-state index is 11.8. The molecule has 0 atom stereocenters. The van der Waals surface area contributed by atoms with Crippen LogP contribution in [-0.4, -0.2) is 20.9 Å². The molecule has 0 aliphatic carbocycles. The van der Waals surface area contributed by atoms with Gasteiger partial charge in [0.05, 0.1) is 10.6 Å². The zero-order chi connectivity index (χ0) is 12.3. The summed E-state index contributed by atoms with van der Waals surface area (Å²) >= 11 is 11.5. The monoisotopic (exact) mass is 268 g/mol. The first-order valence-electron chi connectivity index (χ1n) is 4.56. The lowest BCUT2D eigenvalue weighted by Gasteiger charge is -2.04. The number of amides is 1. The van der Waals surface area contributed by atoms with E-state index in [4.69, 9.17) is 23.2 Å².